The maximum atomic E-state index is 11.2. The average Bonchev–Trinajstić information content (AvgIpc) is 2.60. The number of nitro groups is 1. The molecular formula is C17H19N3O6S. The van der Waals surface area contributed by atoms with Crippen LogP contribution < -0.4 is 14.1 Å². The highest BCUT2D eigenvalue weighted by Crippen LogP contribution is 2.34. The van der Waals surface area contributed by atoms with Crippen molar-refractivity contribution in [1.29, 1.82) is 0 Å². The van der Waals surface area contributed by atoms with Crippen LogP contribution in [0.1, 0.15) is 16.7 Å². The molecule has 2 aromatic carbocycles. The average molecular weight is 393 g/mol. The second kappa shape index (κ2) is 7.51. The normalized spacial score (nSPS) is 14.4. The van der Waals surface area contributed by atoms with Gasteiger partial charge in [-0.15, -0.1) is 0 Å². The van der Waals surface area contributed by atoms with Crippen molar-refractivity contribution in [2.45, 2.75) is 19.5 Å². The van der Waals surface area contributed by atoms with Crippen LogP contribution in [0.15, 0.2) is 36.4 Å². The van der Waals surface area contributed by atoms with Crippen LogP contribution in [-0.2, 0) is 29.8 Å². The SMILES string of the molecule is COc1cc2c(cc1OS(N)(=O)=O)CCN(Cc1cccc([N+](=O)[O-])c1)C2. The standard InChI is InChI=1S/C17H19N3O6S/c1-25-16-9-14-11-19(10-12-3-2-4-15(7-12)20(21)22)6-5-13(14)8-17(16)26-27(18,23)24/h2-4,7-9H,5-6,10-11H2,1H3,(H2,18,23,24). The number of non-ortho nitro benzene ring substituents is 1. The zero-order chi connectivity index (χ0) is 19.6. The highest BCUT2D eigenvalue weighted by molar-refractivity contribution is 7.84. The number of rotatable bonds is 6. The first-order chi connectivity index (χ1) is 12.7. The first kappa shape index (κ1) is 19.1. The molecule has 0 aromatic heterocycles. The molecule has 27 heavy (non-hydrogen) atoms. The van der Waals surface area contributed by atoms with Gasteiger partial charge >= 0.3 is 10.3 Å². The summed E-state index contributed by atoms with van der Waals surface area (Å²) < 4.78 is 32.4. The molecule has 10 heteroatoms. The van der Waals surface area contributed by atoms with Gasteiger partial charge in [-0.1, -0.05) is 12.1 Å². The fraction of sp³-hybridized carbons (Fsp3) is 0.294. The number of hydrogen-bond acceptors (Lipinski definition) is 7. The van der Waals surface area contributed by atoms with Crippen LogP contribution in [0.25, 0.3) is 0 Å². The number of nitrogens with zero attached hydrogens (tertiary/aromatic N) is 2. The minimum Gasteiger partial charge on any atom is -0.493 e. The molecule has 1 aliphatic rings. The van der Waals surface area contributed by atoms with Crippen molar-refractivity contribution in [1.82, 2.24) is 4.90 Å². The molecule has 0 fully saturated rings. The first-order valence-corrected chi connectivity index (χ1v) is 9.60. The van der Waals surface area contributed by atoms with Gasteiger partial charge in [-0.2, -0.15) is 13.6 Å². The minimum absolute atomic E-state index is 0.0610. The molecule has 2 aromatic rings. The van der Waals surface area contributed by atoms with Crippen LogP contribution in [0, 0.1) is 10.1 Å². The predicted octanol–water partition coefficient (Wildman–Crippen LogP) is 1.74. The third-order valence-corrected chi connectivity index (χ3v) is 4.72. The molecule has 0 saturated carbocycles. The highest BCUT2D eigenvalue weighted by Gasteiger charge is 2.21. The predicted molar refractivity (Wildman–Crippen MR) is 97.6 cm³/mol. The molecule has 1 heterocycles. The summed E-state index contributed by atoms with van der Waals surface area (Å²) in [5.41, 5.74) is 2.85. The first-order valence-electron chi connectivity index (χ1n) is 8.13. The Balaban J connectivity index is 1.80. The Morgan fingerprint density at radius 2 is 1.96 bits per heavy atom. The summed E-state index contributed by atoms with van der Waals surface area (Å²) >= 11 is 0. The van der Waals surface area contributed by atoms with E-state index in [-0.39, 0.29) is 17.2 Å². The maximum absolute atomic E-state index is 11.2. The number of benzene rings is 2. The molecule has 0 radical (unpaired) electrons. The lowest BCUT2D eigenvalue weighted by Crippen LogP contribution is -2.30. The van der Waals surface area contributed by atoms with E-state index >= 15 is 0 Å². The van der Waals surface area contributed by atoms with Crippen LogP contribution in [0.4, 0.5) is 5.69 Å². The lowest BCUT2D eigenvalue weighted by Gasteiger charge is -2.29. The molecule has 144 valence electrons. The smallest absolute Gasteiger partial charge is 0.380 e. The van der Waals surface area contributed by atoms with Crippen LogP contribution >= 0.6 is 0 Å². The van der Waals surface area contributed by atoms with E-state index in [4.69, 9.17) is 14.1 Å². The largest absolute Gasteiger partial charge is 0.493 e. The summed E-state index contributed by atoms with van der Waals surface area (Å²) in [5, 5.41) is 15.9. The summed E-state index contributed by atoms with van der Waals surface area (Å²) in [6.45, 7) is 1.89. The Bertz CT molecular complexity index is 977. The Kier molecular flexibility index (Phi) is 5.31. The van der Waals surface area contributed by atoms with Crippen molar-refractivity contribution in [2.75, 3.05) is 13.7 Å². The van der Waals surface area contributed by atoms with Gasteiger partial charge in [0.25, 0.3) is 5.69 Å². The molecule has 2 N–H and O–H groups in total. The molecule has 3 rings (SSSR count). The van der Waals surface area contributed by atoms with E-state index in [0.717, 1.165) is 23.2 Å². The van der Waals surface area contributed by atoms with Crippen molar-refractivity contribution in [3.63, 3.8) is 0 Å². The molecule has 0 unspecified atom stereocenters. The fourth-order valence-corrected chi connectivity index (χ4v) is 3.51. The van der Waals surface area contributed by atoms with Crippen molar-refractivity contribution in [3.8, 4) is 11.5 Å². The van der Waals surface area contributed by atoms with Crippen molar-refractivity contribution in [2.24, 2.45) is 5.14 Å². The maximum Gasteiger partial charge on any atom is 0.380 e. The molecule has 9 nitrogen and oxygen atoms in total. The molecule has 0 atom stereocenters. The molecule has 0 bridgehead atoms. The van der Waals surface area contributed by atoms with E-state index in [1.54, 1.807) is 24.3 Å². The molecular weight excluding hydrogens is 374 g/mol. The van der Waals surface area contributed by atoms with E-state index in [1.807, 2.05) is 6.07 Å². The topological polar surface area (TPSA) is 125 Å². The molecule has 0 saturated heterocycles. The van der Waals surface area contributed by atoms with Crippen LogP contribution in [0.3, 0.4) is 0 Å². The number of nitrogens with two attached hydrogens (primary N) is 1. The van der Waals surface area contributed by atoms with Gasteiger partial charge < -0.3 is 8.92 Å². The minimum atomic E-state index is -4.14. The van der Waals surface area contributed by atoms with Gasteiger partial charge in [-0.05, 0) is 35.2 Å². The third-order valence-electron chi connectivity index (χ3n) is 4.31. The van der Waals surface area contributed by atoms with Crippen molar-refractivity contribution >= 4 is 16.0 Å². The lowest BCUT2D eigenvalue weighted by molar-refractivity contribution is -0.384. The molecule has 1 aliphatic heterocycles. The zero-order valence-electron chi connectivity index (χ0n) is 14.6. The van der Waals surface area contributed by atoms with Crippen molar-refractivity contribution in [3.05, 3.63) is 63.2 Å². The fourth-order valence-electron chi connectivity index (χ4n) is 3.13. The van der Waals surface area contributed by atoms with Crippen LogP contribution in [-0.4, -0.2) is 31.9 Å². The summed E-state index contributed by atoms with van der Waals surface area (Å²) in [6, 6.07) is 9.92. The Morgan fingerprint density at radius 3 is 2.63 bits per heavy atom. The van der Waals surface area contributed by atoms with E-state index in [1.165, 1.54) is 13.2 Å². The lowest BCUT2D eigenvalue weighted by atomic mass is 9.98. The Labute approximate surface area is 156 Å². The molecule has 0 aliphatic carbocycles. The van der Waals surface area contributed by atoms with Crippen molar-refractivity contribution < 1.29 is 22.3 Å². The summed E-state index contributed by atoms with van der Waals surface area (Å²) in [6.07, 6.45) is 0.676. The molecule has 0 spiro atoms. The summed E-state index contributed by atoms with van der Waals surface area (Å²) in [4.78, 5) is 12.7. The quantitative estimate of drug-likeness (QED) is 0.585. The second-order valence-electron chi connectivity index (χ2n) is 6.24. The van der Waals surface area contributed by atoms with Gasteiger partial charge in [-0.3, -0.25) is 15.0 Å². The Hall–Kier alpha value is -2.69. The summed E-state index contributed by atoms with van der Waals surface area (Å²) in [5.74, 6) is 0.339. The number of ether oxygens (including phenoxy) is 1. The van der Waals surface area contributed by atoms with E-state index in [9.17, 15) is 18.5 Å². The Morgan fingerprint density at radius 1 is 1.22 bits per heavy atom. The van der Waals surface area contributed by atoms with Gasteiger partial charge in [0.05, 0.1) is 12.0 Å². The number of methoxy groups -OCH3 is 1. The zero-order valence-corrected chi connectivity index (χ0v) is 15.4. The highest BCUT2D eigenvalue weighted by atomic mass is 32.2. The van der Waals surface area contributed by atoms with Gasteiger partial charge in [0.2, 0.25) is 0 Å². The van der Waals surface area contributed by atoms with Crippen LogP contribution in [0.2, 0.25) is 0 Å². The number of fused-ring (bicyclic) bond motifs is 1. The van der Waals surface area contributed by atoms with Gasteiger partial charge in [-0.25, -0.2) is 0 Å². The number of hydrogen-bond donors (Lipinski definition) is 1. The molecule has 0 amide bonds. The van der Waals surface area contributed by atoms with E-state index < -0.39 is 15.2 Å². The number of nitro benzene ring substituents is 1. The van der Waals surface area contributed by atoms with Gasteiger partial charge in [0, 0.05) is 31.8 Å². The van der Waals surface area contributed by atoms with E-state index in [0.29, 0.717) is 19.5 Å². The van der Waals surface area contributed by atoms with E-state index in [2.05, 4.69) is 4.90 Å². The third kappa shape index (κ3) is 4.73. The monoisotopic (exact) mass is 393 g/mol. The van der Waals surface area contributed by atoms with Gasteiger partial charge in [0.1, 0.15) is 0 Å². The van der Waals surface area contributed by atoms with Gasteiger partial charge in [0.15, 0.2) is 11.5 Å². The summed E-state index contributed by atoms with van der Waals surface area (Å²) in [7, 11) is -2.73. The second-order valence-corrected chi connectivity index (χ2v) is 7.39. The van der Waals surface area contributed by atoms with Crippen LogP contribution in [0.5, 0.6) is 11.5 Å².